The highest BCUT2D eigenvalue weighted by Crippen LogP contribution is 2.24. The summed E-state index contributed by atoms with van der Waals surface area (Å²) in [7, 11) is 0. The summed E-state index contributed by atoms with van der Waals surface area (Å²) >= 11 is 2.95. The van der Waals surface area contributed by atoms with Gasteiger partial charge in [-0.25, -0.2) is 3.63 Å². The maximum Gasteiger partial charge on any atom is 0.0922 e. The number of ether oxygens (including phenoxy) is 2. The van der Waals surface area contributed by atoms with Gasteiger partial charge in [0.1, 0.15) is 0 Å². The molecule has 5 heteroatoms. The molecule has 18 heavy (non-hydrogen) atoms. The van der Waals surface area contributed by atoms with Crippen LogP contribution in [-0.4, -0.2) is 36.9 Å². The molecule has 2 unspecified atom stereocenters. The summed E-state index contributed by atoms with van der Waals surface area (Å²) in [5.41, 5.74) is 1.32. The van der Waals surface area contributed by atoms with Crippen LogP contribution in [0.25, 0.3) is 0 Å². The third-order valence-corrected chi connectivity index (χ3v) is 4.13. The minimum absolute atomic E-state index is 0.456. The largest absolute Gasteiger partial charge is 0.372 e. The average molecular weight is 286 g/mol. The Morgan fingerprint density at radius 3 is 1.89 bits per heavy atom. The van der Waals surface area contributed by atoms with Gasteiger partial charge < -0.3 is 9.47 Å². The summed E-state index contributed by atoms with van der Waals surface area (Å²) in [4.78, 5) is 0. The zero-order valence-corrected chi connectivity index (χ0v) is 12.0. The van der Waals surface area contributed by atoms with E-state index in [1.807, 2.05) is 18.2 Å². The van der Waals surface area contributed by atoms with Crippen molar-refractivity contribution in [3.63, 3.8) is 0 Å². The SMILES string of the molecule is C1OC1CSOSCC1CO1.Cc1ccccc1. The molecule has 2 aliphatic heterocycles. The Morgan fingerprint density at radius 2 is 1.56 bits per heavy atom. The number of epoxide rings is 2. The number of hydrogen-bond donors (Lipinski definition) is 0. The van der Waals surface area contributed by atoms with Crippen molar-refractivity contribution in [1.29, 1.82) is 0 Å². The minimum Gasteiger partial charge on any atom is -0.372 e. The maximum absolute atomic E-state index is 5.21. The van der Waals surface area contributed by atoms with Crippen LogP contribution in [0.3, 0.4) is 0 Å². The van der Waals surface area contributed by atoms with Crippen LogP contribution in [0.1, 0.15) is 5.56 Å². The molecule has 1 aromatic rings. The molecule has 0 bridgehead atoms. The molecule has 3 nitrogen and oxygen atoms in total. The van der Waals surface area contributed by atoms with Gasteiger partial charge in [0.05, 0.1) is 25.4 Å². The lowest BCUT2D eigenvalue weighted by Gasteiger charge is -1.96. The third-order valence-electron chi connectivity index (χ3n) is 2.35. The topological polar surface area (TPSA) is 34.3 Å². The number of rotatable bonds is 6. The first-order chi connectivity index (χ1) is 8.84. The molecule has 2 atom stereocenters. The van der Waals surface area contributed by atoms with Crippen LogP contribution in [0, 0.1) is 6.92 Å². The van der Waals surface area contributed by atoms with Crippen molar-refractivity contribution in [3.05, 3.63) is 35.9 Å². The molecule has 100 valence electrons. The van der Waals surface area contributed by atoms with Crippen molar-refractivity contribution in [1.82, 2.24) is 0 Å². The number of hydrogen-bond acceptors (Lipinski definition) is 5. The van der Waals surface area contributed by atoms with Crippen molar-refractivity contribution in [3.8, 4) is 0 Å². The summed E-state index contributed by atoms with van der Waals surface area (Å²) < 4.78 is 15.2. The molecule has 0 aliphatic carbocycles. The van der Waals surface area contributed by atoms with Gasteiger partial charge in [-0.2, -0.15) is 0 Å². The number of aryl methyl sites for hydroxylation is 1. The Balaban J connectivity index is 0.000000149. The minimum atomic E-state index is 0.456. The number of benzene rings is 1. The Kier molecular flexibility index (Phi) is 6.37. The second-order valence-corrected chi connectivity index (χ2v) is 5.88. The Morgan fingerprint density at radius 1 is 1.06 bits per heavy atom. The van der Waals surface area contributed by atoms with E-state index in [0.29, 0.717) is 12.2 Å². The van der Waals surface area contributed by atoms with E-state index in [1.165, 1.54) is 29.6 Å². The van der Waals surface area contributed by atoms with Gasteiger partial charge in [-0.05, 0) is 6.92 Å². The molecule has 2 heterocycles. The zero-order valence-electron chi connectivity index (χ0n) is 10.4. The molecular weight excluding hydrogens is 268 g/mol. The van der Waals surface area contributed by atoms with E-state index in [0.717, 1.165) is 24.7 Å². The first-order valence-corrected chi connectivity index (χ1v) is 7.82. The van der Waals surface area contributed by atoms with Crippen LogP contribution in [0.15, 0.2) is 30.3 Å². The Hall–Kier alpha value is -0.200. The second-order valence-electron chi connectivity index (χ2n) is 4.20. The molecule has 2 saturated heterocycles. The molecule has 3 rings (SSSR count). The fourth-order valence-corrected chi connectivity index (χ4v) is 2.51. The van der Waals surface area contributed by atoms with Crippen LogP contribution >= 0.6 is 24.1 Å². The molecule has 2 fully saturated rings. The van der Waals surface area contributed by atoms with Gasteiger partial charge in [0.25, 0.3) is 0 Å². The average Bonchev–Trinajstić information content (AvgIpc) is 3.26. The molecule has 0 aromatic heterocycles. The molecule has 0 radical (unpaired) electrons. The highest BCUT2D eigenvalue weighted by Gasteiger charge is 2.24. The van der Waals surface area contributed by atoms with Crippen molar-refractivity contribution < 1.29 is 13.1 Å². The van der Waals surface area contributed by atoms with Crippen molar-refractivity contribution in [2.24, 2.45) is 0 Å². The van der Waals surface area contributed by atoms with Gasteiger partial charge in [-0.15, -0.1) is 0 Å². The summed E-state index contributed by atoms with van der Waals surface area (Å²) in [5.74, 6) is 1.91. The van der Waals surface area contributed by atoms with Crippen LogP contribution in [-0.2, 0) is 13.1 Å². The first-order valence-electron chi connectivity index (χ1n) is 6.00. The van der Waals surface area contributed by atoms with Crippen molar-refractivity contribution >= 4 is 24.1 Å². The van der Waals surface area contributed by atoms with E-state index in [-0.39, 0.29) is 0 Å². The normalized spacial score (nSPS) is 24.1. The van der Waals surface area contributed by atoms with Gasteiger partial charge in [-0.3, -0.25) is 0 Å². The van der Waals surface area contributed by atoms with Crippen LogP contribution in [0.5, 0.6) is 0 Å². The van der Waals surface area contributed by atoms with Gasteiger partial charge in [0.15, 0.2) is 0 Å². The zero-order chi connectivity index (χ0) is 12.6. The Labute approximate surface area is 117 Å². The van der Waals surface area contributed by atoms with Crippen LogP contribution < -0.4 is 0 Å². The van der Waals surface area contributed by atoms with Gasteiger partial charge in [0.2, 0.25) is 0 Å². The van der Waals surface area contributed by atoms with E-state index < -0.39 is 0 Å². The molecule has 0 spiro atoms. The first kappa shape index (κ1) is 14.2. The predicted octanol–water partition coefficient (Wildman–Crippen LogP) is 3.09. The smallest absolute Gasteiger partial charge is 0.0922 e. The molecule has 0 amide bonds. The highest BCUT2D eigenvalue weighted by atomic mass is 32.2. The van der Waals surface area contributed by atoms with E-state index in [9.17, 15) is 0 Å². The molecule has 0 saturated carbocycles. The summed E-state index contributed by atoms with van der Waals surface area (Å²) in [6, 6.07) is 10.3. The van der Waals surface area contributed by atoms with Crippen LogP contribution in [0.4, 0.5) is 0 Å². The molecule has 2 aliphatic rings. The lowest BCUT2D eigenvalue weighted by atomic mass is 10.2. The van der Waals surface area contributed by atoms with Gasteiger partial charge >= 0.3 is 0 Å². The van der Waals surface area contributed by atoms with Crippen LogP contribution in [0.2, 0.25) is 0 Å². The standard InChI is InChI=1S/C7H8.C6H10O3S2/c1-7-5-3-2-4-6-7;1-5(7-1)3-10-9-11-4-6-2-8-6/h2-6H,1H3;5-6H,1-4H2. The summed E-state index contributed by atoms with van der Waals surface area (Å²) in [6.45, 7) is 3.90. The fraction of sp³-hybridized carbons (Fsp3) is 0.538. The summed E-state index contributed by atoms with van der Waals surface area (Å²) in [5, 5.41) is 0. The maximum atomic E-state index is 5.21. The van der Waals surface area contributed by atoms with Gasteiger partial charge in [0, 0.05) is 35.6 Å². The second kappa shape index (κ2) is 8.07. The van der Waals surface area contributed by atoms with E-state index in [1.54, 1.807) is 0 Å². The highest BCUT2D eigenvalue weighted by molar-refractivity contribution is 8.07. The fourth-order valence-electron chi connectivity index (χ4n) is 1.10. The quantitative estimate of drug-likeness (QED) is 0.456. The molecule has 1 aromatic carbocycles. The molecule has 0 N–H and O–H groups in total. The van der Waals surface area contributed by atoms with Crippen molar-refractivity contribution in [2.45, 2.75) is 19.1 Å². The lowest BCUT2D eigenvalue weighted by Crippen LogP contribution is -1.91. The predicted molar refractivity (Wildman–Crippen MR) is 76.7 cm³/mol. The Bertz CT molecular complexity index is 312. The third kappa shape index (κ3) is 7.28. The molecular formula is C13H18O3S2. The van der Waals surface area contributed by atoms with E-state index in [4.69, 9.17) is 13.1 Å². The lowest BCUT2D eigenvalue weighted by molar-refractivity contribution is 0.424. The van der Waals surface area contributed by atoms with E-state index >= 15 is 0 Å². The monoisotopic (exact) mass is 286 g/mol. The van der Waals surface area contributed by atoms with Gasteiger partial charge in [-0.1, -0.05) is 35.9 Å². The van der Waals surface area contributed by atoms with E-state index in [2.05, 4.69) is 19.1 Å². The summed E-state index contributed by atoms with van der Waals surface area (Å²) in [6.07, 6.45) is 0.913. The van der Waals surface area contributed by atoms with Crippen molar-refractivity contribution in [2.75, 3.05) is 24.7 Å².